The van der Waals surface area contributed by atoms with E-state index in [1.165, 1.54) is 0 Å². The second kappa shape index (κ2) is 6.50. The van der Waals surface area contributed by atoms with E-state index < -0.39 is 0 Å². The van der Waals surface area contributed by atoms with Crippen LogP contribution in [0.25, 0.3) is 0 Å². The molecule has 1 aromatic rings. The fraction of sp³-hybridized carbons (Fsp3) is 0.545. The zero-order valence-corrected chi connectivity index (χ0v) is 9.27. The Morgan fingerprint density at radius 2 is 2.20 bits per heavy atom. The minimum Gasteiger partial charge on any atom is -0.382 e. The lowest BCUT2D eigenvalue weighted by Gasteiger charge is -2.12. The van der Waals surface area contributed by atoms with Crippen LogP contribution in [-0.4, -0.2) is 31.9 Å². The summed E-state index contributed by atoms with van der Waals surface area (Å²) in [4.78, 5) is 4.18. The fourth-order valence-corrected chi connectivity index (χ4v) is 1.15. The van der Waals surface area contributed by atoms with Gasteiger partial charge in [-0.1, -0.05) is 6.07 Å². The molecule has 2 N–H and O–H groups in total. The normalized spacial score (nSPS) is 12.7. The molecular weight excluding hydrogens is 192 g/mol. The van der Waals surface area contributed by atoms with Gasteiger partial charge in [0.1, 0.15) is 0 Å². The summed E-state index contributed by atoms with van der Waals surface area (Å²) in [7, 11) is 1.65. The summed E-state index contributed by atoms with van der Waals surface area (Å²) in [5, 5.41) is 0. The highest BCUT2D eigenvalue weighted by Crippen LogP contribution is 2.09. The maximum absolute atomic E-state index is 5.92. The van der Waals surface area contributed by atoms with Crippen LogP contribution in [0, 0.1) is 6.92 Å². The van der Waals surface area contributed by atoms with Crippen molar-refractivity contribution in [2.24, 2.45) is 5.73 Å². The molecule has 1 atom stereocenters. The van der Waals surface area contributed by atoms with Crippen molar-refractivity contribution in [1.82, 2.24) is 4.98 Å². The van der Waals surface area contributed by atoms with E-state index in [0.717, 1.165) is 11.3 Å². The lowest BCUT2D eigenvalue weighted by atomic mass is 10.1. The minimum absolute atomic E-state index is 0.116. The van der Waals surface area contributed by atoms with E-state index in [-0.39, 0.29) is 6.04 Å². The van der Waals surface area contributed by atoms with Crippen LogP contribution in [0.3, 0.4) is 0 Å². The molecule has 0 radical (unpaired) electrons. The summed E-state index contributed by atoms with van der Waals surface area (Å²) in [6.07, 6.45) is 1.79. The summed E-state index contributed by atoms with van der Waals surface area (Å²) < 4.78 is 10.2. The van der Waals surface area contributed by atoms with Gasteiger partial charge < -0.3 is 15.2 Å². The van der Waals surface area contributed by atoms with Gasteiger partial charge in [0.2, 0.25) is 0 Å². The van der Waals surface area contributed by atoms with Gasteiger partial charge in [-0.05, 0) is 18.6 Å². The van der Waals surface area contributed by atoms with Gasteiger partial charge in [0.05, 0.1) is 25.9 Å². The van der Waals surface area contributed by atoms with Crippen LogP contribution in [0.2, 0.25) is 0 Å². The third-order valence-corrected chi connectivity index (χ3v) is 2.09. The number of hydrogen-bond acceptors (Lipinski definition) is 4. The number of pyridine rings is 1. The molecule has 0 bridgehead atoms. The first kappa shape index (κ1) is 12.1. The number of hydrogen-bond donors (Lipinski definition) is 1. The van der Waals surface area contributed by atoms with Crippen LogP contribution in [0.5, 0.6) is 0 Å². The van der Waals surface area contributed by atoms with E-state index in [1.54, 1.807) is 13.3 Å². The molecule has 0 aliphatic heterocycles. The maximum Gasteiger partial charge on any atom is 0.0701 e. The molecule has 0 saturated carbocycles. The summed E-state index contributed by atoms with van der Waals surface area (Å²) in [5.74, 6) is 0. The lowest BCUT2D eigenvalue weighted by molar-refractivity contribution is 0.0635. The predicted molar refractivity (Wildman–Crippen MR) is 58.6 cm³/mol. The minimum atomic E-state index is -0.116. The number of nitrogens with zero attached hydrogens (tertiary/aromatic N) is 1. The molecule has 0 aromatic carbocycles. The SMILES string of the molecule is COCCOCC(N)c1ccc(C)nc1. The molecule has 4 nitrogen and oxygen atoms in total. The van der Waals surface area contributed by atoms with E-state index in [2.05, 4.69) is 4.98 Å². The van der Waals surface area contributed by atoms with Crippen molar-refractivity contribution < 1.29 is 9.47 Å². The quantitative estimate of drug-likeness (QED) is 0.713. The Bertz CT molecular complexity index is 274. The van der Waals surface area contributed by atoms with Gasteiger partial charge in [0.15, 0.2) is 0 Å². The first-order valence-electron chi connectivity index (χ1n) is 4.99. The number of aromatic nitrogens is 1. The Balaban J connectivity index is 2.33. The van der Waals surface area contributed by atoms with E-state index >= 15 is 0 Å². The van der Waals surface area contributed by atoms with Gasteiger partial charge in [-0.3, -0.25) is 4.98 Å². The topological polar surface area (TPSA) is 57.4 Å². The smallest absolute Gasteiger partial charge is 0.0701 e. The standard InChI is InChI=1S/C11H18N2O2/c1-9-3-4-10(7-13-9)11(12)8-15-6-5-14-2/h3-4,7,11H,5-6,8,12H2,1-2H3. The summed E-state index contributed by atoms with van der Waals surface area (Å²) >= 11 is 0. The molecule has 0 spiro atoms. The van der Waals surface area contributed by atoms with Gasteiger partial charge in [0, 0.05) is 19.0 Å². The molecule has 1 rings (SSSR count). The Morgan fingerprint density at radius 1 is 1.40 bits per heavy atom. The third kappa shape index (κ3) is 4.38. The van der Waals surface area contributed by atoms with Crippen molar-refractivity contribution in [2.75, 3.05) is 26.9 Å². The van der Waals surface area contributed by atoms with Crippen LogP contribution in [0.15, 0.2) is 18.3 Å². The molecular formula is C11H18N2O2. The monoisotopic (exact) mass is 210 g/mol. The molecule has 0 saturated heterocycles. The van der Waals surface area contributed by atoms with Crippen LogP contribution >= 0.6 is 0 Å². The summed E-state index contributed by atoms with van der Waals surface area (Å²) in [6, 6.07) is 3.81. The van der Waals surface area contributed by atoms with Gasteiger partial charge in [0.25, 0.3) is 0 Å². The molecule has 0 aliphatic carbocycles. The first-order chi connectivity index (χ1) is 7.24. The Hall–Kier alpha value is -0.970. The number of ether oxygens (including phenoxy) is 2. The number of aryl methyl sites for hydroxylation is 1. The molecule has 1 heterocycles. The molecule has 1 aromatic heterocycles. The van der Waals surface area contributed by atoms with Crippen molar-refractivity contribution in [3.05, 3.63) is 29.6 Å². The van der Waals surface area contributed by atoms with Gasteiger partial charge in [-0.15, -0.1) is 0 Å². The van der Waals surface area contributed by atoms with E-state index in [0.29, 0.717) is 19.8 Å². The molecule has 84 valence electrons. The van der Waals surface area contributed by atoms with Crippen LogP contribution in [0.1, 0.15) is 17.3 Å². The second-order valence-electron chi connectivity index (χ2n) is 3.41. The number of rotatable bonds is 6. The Morgan fingerprint density at radius 3 is 2.80 bits per heavy atom. The predicted octanol–water partition coefficient (Wildman–Crippen LogP) is 1.05. The summed E-state index contributed by atoms with van der Waals surface area (Å²) in [6.45, 7) is 3.61. The van der Waals surface area contributed by atoms with Gasteiger partial charge >= 0.3 is 0 Å². The van der Waals surface area contributed by atoms with E-state index in [4.69, 9.17) is 15.2 Å². The van der Waals surface area contributed by atoms with E-state index in [1.807, 2.05) is 19.1 Å². The molecule has 15 heavy (non-hydrogen) atoms. The third-order valence-electron chi connectivity index (χ3n) is 2.09. The van der Waals surface area contributed by atoms with Gasteiger partial charge in [-0.2, -0.15) is 0 Å². The molecule has 1 unspecified atom stereocenters. The summed E-state index contributed by atoms with van der Waals surface area (Å²) in [5.41, 5.74) is 7.91. The van der Waals surface area contributed by atoms with Crippen LogP contribution in [-0.2, 0) is 9.47 Å². The Kier molecular flexibility index (Phi) is 5.25. The van der Waals surface area contributed by atoms with Crippen molar-refractivity contribution in [3.8, 4) is 0 Å². The van der Waals surface area contributed by atoms with Crippen molar-refractivity contribution in [2.45, 2.75) is 13.0 Å². The van der Waals surface area contributed by atoms with Crippen LogP contribution in [0.4, 0.5) is 0 Å². The second-order valence-corrected chi connectivity index (χ2v) is 3.41. The molecule has 0 fully saturated rings. The fourth-order valence-electron chi connectivity index (χ4n) is 1.15. The Labute approximate surface area is 90.4 Å². The molecule has 4 heteroatoms. The van der Waals surface area contributed by atoms with Crippen molar-refractivity contribution >= 4 is 0 Å². The van der Waals surface area contributed by atoms with Crippen molar-refractivity contribution in [1.29, 1.82) is 0 Å². The highest BCUT2D eigenvalue weighted by atomic mass is 16.5. The highest BCUT2D eigenvalue weighted by molar-refractivity contribution is 5.16. The van der Waals surface area contributed by atoms with E-state index in [9.17, 15) is 0 Å². The lowest BCUT2D eigenvalue weighted by Crippen LogP contribution is -2.18. The van der Waals surface area contributed by atoms with Crippen LogP contribution < -0.4 is 5.73 Å². The largest absolute Gasteiger partial charge is 0.382 e. The highest BCUT2D eigenvalue weighted by Gasteiger charge is 2.05. The first-order valence-corrected chi connectivity index (χ1v) is 4.99. The average molecular weight is 210 g/mol. The van der Waals surface area contributed by atoms with Gasteiger partial charge in [-0.25, -0.2) is 0 Å². The molecule has 0 aliphatic rings. The number of methoxy groups -OCH3 is 1. The number of nitrogens with two attached hydrogens (primary N) is 1. The average Bonchev–Trinajstić information content (AvgIpc) is 2.25. The zero-order valence-electron chi connectivity index (χ0n) is 9.27. The zero-order chi connectivity index (χ0) is 11.1. The van der Waals surface area contributed by atoms with Crippen molar-refractivity contribution in [3.63, 3.8) is 0 Å². The maximum atomic E-state index is 5.92. The molecule has 0 amide bonds.